The van der Waals surface area contributed by atoms with Crippen molar-refractivity contribution in [2.24, 2.45) is 0 Å². The highest BCUT2D eigenvalue weighted by molar-refractivity contribution is 5.97. The summed E-state index contributed by atoms with van der Waals surface area (Å²) in [5.74, 6) is -2.15. The maximum atomic E-state index is 16.7. The van der Waals surface area contributed by atoms with Crippen LogP contribution in [0.4, 0.5) is 33.5 Å². The first-order valence-corrected chi connectivity index (χ1v) is 15.1. The minimum atomic E-state index is -5.04. The second-order valence-electron chi connectivity index (χ2n) is 13.0. The molecule has 3 aromatic rings. The van der Waals surface area contributed by atoms with E-state index in [1.807, 2.05) is 14.0 Å². The molecule has 45 heavy (non-hydrogen) atoms. The molecule has 6 atom stereocenters. The van der Waals surface area contributed by atoms with Crippen LogP contribution in [0.15, 0.2) is 6.07 Å². The first-order chi connectivity index (χ1) is 21.3. The average Bonchev–Trinajstić information content (AvgIpc) is 3.64. The predicted octanol–water partition coefficient (Wildman–Crippen LogP) is 3.82. The van der Waals surface area contributed by atoms with Crippen LogP contribution >= 0.6 is 0 Å². The molecule has 1 aromatic carbocycles. The maximum absolute atomic E-state index is 16.7. The minimum Gasteiger partial charge on any atom is -0.472 e. The van der Waals surface area contributed by atoms with Gasteiger partial charge in [-0.15, -0.1) is 0 Å². The molecule has 15 heteroatoms. The average molecular weight is 634 g/mol. The predicted molar refractivity (Wildman–Crippen MR) is 153 cm³/mol. The molecule has 3 N–H and O–H groups in total. The van der Waals surface area contributed by atoms with Crippen LogP contribution in [0, 0.1) is 18.6 Å². The Balaban J connectivity index is 1.34. The van der Waals surface area contributed by atoms with Crippen molar-refractivity contribution in [1.82, 2.24) is 25.2 Å². The number of hydrogen-bond acceptors (Lipinski definition) is 10. The van der Waals surface area contributed by atoms with E-state index < -0.39 is 57.5 Å². The van der Waals surface area contributed by atoms with Gasteiger partial charge in [0.25, 0.3) is 0 Å². The third-order valence-corrected chi connectivity index (χ3v) is 10.2. The van der Waals surface area contributed by atoms with E-state index in [9.17, 15) is 17.6 Å². The third-order valence-electron chi connectivity index (χ3n) is 10.2. The molecule has 0 saturated carbocycles. The molecule has 240 valence electrons. The Kier molecular flexibility index (Phi) is 6.24. The van der Waals surface area contributed by atoms with Gasteiger partial charge in [-0.3, -0.25) is 4.90 Å². The zero-order valence-corrected chi connectivity index (χ0v) is 24.8. The molecule has 2 unspecified atom stereocenters. The van der Waals surface area contributed by atoms with E-state index in [2.05, 4.69) is 25.1 Å². The number of likely N-dealkylation sites (tertiary alicyclic amines) is 1. The van der Waals surface area contributed by atoms with E-state index in [4.69, 9.17) is 24.9 Å². The van der Waals surface area contributed by atoms with Crippen LogP contribution in [0.5, 0.6) is 11.9 Å². The summed E-state index contributed by atoms with van der Waals surface area (Å²) in [5, 5.41) is 3.75. The summed E-state index contributed by atoms with van der Waals surface area (Å²) < 4.78 is 92.9. The molecule has 0 spiro atoms. The van der Waals surface area contributed by atoms with Crippen LogP contribution < -0.4 is 25.4 Å². The Morgan fingerprint density at radius 1 is 1.16 bits per heavy atom. The van der Waals surface area contributed by atoms with Crippen molar-refractivity contribution in [2.45, 2.75) is 75.2 Å². The molecule has 10 nitrogen and oxygen atoms in total. The molecule has 4 saturated heterocycles. The van der Waals surface area contributed by atoms with Crippen molar-refractivity contribution in [1.29, 1.82) is 0 Å². The quantitative estimate of drug-likeness (QED) is 0.325. The van der Waals surface area contributed by atoms with Crippen LogP contribution in [0.3, 0.4) is 0 Å². The molecule has 8 rings (SSSR count). The Morgan fingerprint density at radius 3 is 2.67 bits per heavy atom. The van der Waals surface area contributed by atoms with Crippen LogP contribution in [0.25, 0.3) is 22.2 Å². The molecule has 7 heterocycles. The van der Waals surface area contributed by atoms with Crippen molar-refractivity contribution in [2.75, 3.05) is 44.0 Å². The topological polar surface area (TPSA) is 111 Å². The van der Waals surface area contributed by atoms with Gasteiger partial charge in [0.1, 0.15) is 40.9 Å². The van der Waals surface area contributed by atoms with Gasteiger partial charge in [-0.2, -0.15) is 23.1 Å². The zero-order valence-electron chi connectivity index (χ0n) is 24.8. The Labute approximate surface area is 255 Å². The van der Waals surface area contributed by atoms with Crippen LogP contribution in [-0.2, 0) is 10.9 Å². The highest BCUT2D eigenvalue weighted by Gasteiger charge is 2.51. The fourth-order valence-electron chi connectivity index (χ4n) is 8.01. The standard InChI is InChI=1S/C30H32F5N7O3/c1-12-20(30(33,34)35)16(6-17(36)21(12)31)23-22(32)24-19-26(40-28(39-24)44-11-29-7-15(43-10-29)9-41(29)3)42-8-14-4-5-18(37-14)25(42)13(2)45-27(19)38-23/h6,13-15,18,25,37H,4-5,7-11,36H2,1-3H3/t13-,14+,15?,18-,25+,29?/m0/s1. The number of rotatable bonds is 4. The molecule has 0 radical (unpaired) electrons. The number of pyridine rings is 1. The number of benzene rings is 1. The summed E-state index contributed by atoms with van der Waals surface area (Å²) in [5.41, 5.74) is 0.938. The van der Waals surface area contributed by atoms with E-state index in [1.165, 1.54) is 0 Å². The number of nitrogen functional groups attached to an aromatic ring is 1. The largest absolute Gasteiger partial charge is 0.472 e. The molecular weight excluding hydrogens is 601 g/mol. The lowest BCUT2D eigenvalue weighted by Crippen LogP contribution is -2.62. The fourth-order valence-corrected chi connectivity index (χ4v) is 8.01. The number of hydrogen-bond donors (Lipinski definition) is 2. The van der Waals surface area contributed by atoms with Gasteiger partial charge in [-0.05, 0) is 51.8 Å². The Morgan fingerprint density at radius 2 is 1.96 bits per heavy atom. The number of likely N-dealkylation sites (N-methyl/N-ethyl adjacent to an activating group) is 1. The van der Waals surface area contributed by atoms with Gasteiger partial charge in [-0.25, -0.2) is 13.8 Å². The number of ether oxygens (including phenoxy) is 3. The van der Waals surface area contributed by atoms with E-state index in [0.717, 1.165) is 38.8 Å². The van der Waals surface area contributed by atoms with Gasteiger partial charge < -0.3 is 30.2 Å². The number of alkyl halides is 3. The van der Waals surface area contributed by atoms with Crippen molar-refractivity contribution in [3.05, 3.63) is 28.8 Å². The lowest BCUT2D eigenvalue weighted by molar-refractivity contribution is -0.137. The molecule has 4 bridgehead atoms. The smallest absolute Gasteiger partial charge is 0.417 e. The number of morpholine rings is 1. The van der Waals surface area contributed by atoms with E-state index >= 15 is 4.39 Å². The van der Waals surface area contributed by atoms with Crippen molar-refractivity contribution in [3.63, 3.8) is 0 Å². The van der Waals surface area contributed by atoms with Crippen LogP contribution in [0.1, 0.15) is 37.3 Å². The summed E-state index contributed by atoms with van der Waals surface area (Å²) in [6.45, 7) is 4.74. The molecular formula is C30H32F5N7O3. The van der Waals surface area contributed by atoms with E-state index in [0.29, 0.717) is 19.0 Å². The summed E-state index contributed by atoms with van der Waals surface area (Å²) in [7, 11) is 1.99. The van der Waals surface area contributed by atoms with Gasteiger partial charge in [-0.1, -0.05) is 0 Å². The second kappa shape index (κ2) is 9.72. The fraction of sp³-hybridized carbons (Fsp3) is 0.567. The van der Waals surface area contributed by atoms with Crippen molar-refractivity contribution >= 4 is 22.4 Å². The van der Waals surface area contributed by atoms with Crippen molar-refractivity contribution in [3.8, 4) is 23.1 Å². The maximum Gasteiger partial charge on any atom is 0.417 e. The molecule has 0 aliphatic carbocycles. The Hall–Kier alpha value is -3.56. The summed E-state index contributed by atoms with van der Waals surface area (Å²) in [6.07, 6.45) is -2.85. The number of piperazine rings is 1. The molecule has 5 aliphatic rings. The second-order valence-corrected chi connectivity index (χ2v) is 13.0. The molecule has 4 fully saturated rings. The number of fused-ring (bicyclic) bond motifs is 7. The molecule has 5 aliphatic heterocycles. The number of aromatic nitrogens is 3. The number of nitrogens with zero attached hydrogens (tertiary/aromatic N) is 5. The van der Waals surface area contributed by atoms with Gasteiger partial charge in [0.05, 0.1) is 35.5 Å². The molecule has 0 amide bonds. The van der Waals surface area contributed by atoms with Crippen LogP contribution in [-0.4, -0.2) is 89.1 Å². The monoisotopic (exact) mass is 633 g/mol. The van der Waals surface area contributed by atoms with Gasteiger partial charge in [0.15, 0.2) is 5.82 Å². The van der Waals surface area contributed by atoms with Gasteiger partial charge in [0, 0.05) is 30.7 Å². The van der Waals surface area contributed by atoms with E-state index in [-0.39, 0.29) is 53.6 Å². The number of halogens is 5. The number of nitrogens with one attached hydrogen (secondary N) is 1. The lowest BCUT2D eigenvalue weighted by atomic mass is 9.96. The molecule has 2 aromatic heterocycles. The number of anilines is 2. The highest BCUT2D eigenvalue weighted by Crippen LogP contribution is 2.47. The summed E-state index contributed by atoms with van der Waals surface area (Å²) in [6, 6.07) is 0.620. The third kappa shape index (κ3) is 4.26. The van der Waals surface area contributed by atoms with E-state index in [1.54, 1.807) is 0 Å². The zero-order chi connectivity index (χ0) is 31.6. The van der Waals surface area contributed by atoms with Crippen molar-refractivity contribution < 1.29 is 36.2 Å². The highest BCUT2D eigenvalue weighted by atomic mass is 19.4. The van der Waals surface area contributed by atoms with Gasteiger partial charge >= 0.3 is 12.2 Å². The first kappa shape index (κ1) is 28.9. The number of nitrogens with two attached hydrogens (primary N) is 1. The minimum absolute atomic E-state index is 0.0433. The first-order valence-electron chi connectivity index (χ1n) is 15.1. The summed E-state index contributed by atoms with van der Waals surface area (Å²) >= 11 is 0. The van der Waals surface area contributed by atoms with Crippen LogP contribution in [0.2, 0.25) is 0 Å². The Bertz CT molecular complexity index is 1740. The summed E-state index contributed by atoms with van der Waals surface area (Å²) in [4.78, 5) is 17.8. The normalized spacial score (nSPS) is 30.5. The SMILES string of the molecule is Cc1c(F)c(N)cc(-c2nc3c4c(nc(OCC56COC(CN5C)C6)nc4c2F)N2C[C@H]4CC[C@H](N4)[C@H]2[C@H](C)O3)c1C(F)(F)F. The van der Waals surface area contributed by atoms with Gasteiger partial charge in [0.2, 0.25) is 5.88 Å². The lowest BCUT2D eigenvalue weighted by Gasteiger charge is -2.42.